The maximum atomic E-state index is 12.8. The molecule has 134 valence electrons. The van der Waals surface area contributed by atoms with E-state index in [1.165, 1.54) is 17.7 Å². The summed E-state index contributed by atoms with van der Waals surface area (Å²) in [4.78, 5) is 26.4. The summed E-state index contributed by atoms with van der Waals surface area (Å²) in [5, 5.41) is 0. The molecular weight excluding hydrogens is 352 g/mol. The van der Waals surface area contributed by atoms with Crippen molar-refractivity contribution in [2.75, 3.05) is 16.6 Å². The molecule has 0 N–H and O–H groups in total. The number of rotatable bonds is 2. The van der Waals surface area contributed by atoms with E-state index in [1.54, 1.807) is 17.0 Å². The molecule has 1 fully saturated rings. The van der Waals surface area contributed by atoms with E-state index >= 15 is 0 Å². The Balaban J connectivity index is 1.54. The fraction of sp³-hybridized carbons (Fsp3) is 0.263. The van der Waals surface area contributed by atoms with Crippen molar-refractivity contribution in [3.05, 3.63) is 65.2 Å². The molecule has 2 heterocycles. The molecule has 4 rings (SSSR count). The van der Waals surface area contributed by atoms with Gasteiger partial charge in [0.1, 0.15) is 0 Å². The zero-order valence-corrected chi connectivity index (χ0v) is 14.9. The third-order valence-electron chi connectivity index (χ3n) is 4.85. The average Bonchev–Trinajstić information content (AvgIpc) is 2.93. The SMILES string of the molecule is O=C(c1ccc(N2C(=O)CCS2(=O)=O)cc1)N1CCc2ccccc2C1. The maximum Gasteiger partial charge on any atom is 0.254 e. The van der Waals surface area contributed by atoms with Crippen LogP contribution in [0.1, 0.15) is 27.9 Å². The number of carbonyl (C=O) groups is 2. The number of fused-ring (bicyclic) bond motifs is 1. The van der Waals surface area contributed by atoms with Crippen LogP contribution in [-0.4, -0.2) is 37.4 Å². The smallest absolute Gasteiger partial charge is 0.254 e. The van der Waals surface area contributed by atoms with Crippen LogP contribution < -0.4 is 4.31 Å². The van der Waals surface area contributed by atoms with Gasteiger partial charge in [0.25, 0.3) is 5.91 Å². The van der Waals surface area contributed by atoms with Gasteiger partial charge in [-0.3, -0.25) is 9.59 Å². The van der Waals surface area contributed by atoms with Crippen LogP contribution in [0.5, 0.6) is 0 Å². The minimum absolute atomic E-state index is 0.00377. The van der Waals surface area contributed by atoms with Gasteiger partial charge in [0, 0.05) is 25.1 Å². The van der Waals surface area contributed by atoms with Crippen molar-refractivity contribution in [3.8, 4) is 0 Å². The molecule has 1 saturated heterocycles. The van der Waals surface area contributed by atoms with Crippen LogP contribution in [0.15, 0.2) is 48.5 Å². The molecule has 0 aliphatic carbocycles. The van der Waals surface area contributed by atoms with Gasteiger partial charge < -0.3 is 4.90 Å². The fourth-order valence-electron chi connectivity index (χ4n) is 3.46. The number of sulfonamides is 1. The molecule has 2 amide bonds. The second-order valence-electron chi connectivity index (χ2n) is 6.52. The lowest BCUT2D eigenvalue weighted by atomic mass is 9.99. The molecule has 0 bridgehead atoms. The normalized spacial score (nSPS) is 18.7. The summed E-state index contributed by atoms with van der Waals surface area (Å²) in [6.07, 6.45) is 0.816. The van der Waals surface area contributed by atoms with E-state index in [4.69, 9.17) is 0 Å². The van der Waals surface area contributed by atoms with Crippen LogP contribution >= 0.6 is 0 Å². The monoisotopic (exact) mass is 370 g/mol. The first-order valence-corrected chi connectivity index (χ1v) is 10.1. The van der Waals surface area contributed by atoms with Crippen LogP contribution in [0.25, 0.3) is 0 Å². The number of amides is 2. The first-order valence-electron chi connectivity index (χ1n) is 8.48. The molecule has 2 aromatic carbocycles. The van der Waals surface area contributed by atoms with Crippen molar-refractivity contribution >= 4 is 27.5 Å². The maximum absolute atomic E-state index is 12.8. The van der Waals surface area contributed by atoms with Crippen molar-refractivity contribution in [3.63, 3.8) is 0 Å². The van der Waals surface area contributed by atoms with E-state index in [0.717, 1.165) is 16.3 Å². The van der Waals surface area contributed by atoms with Gasteiger partial charge in [-0.25, -0.2) is 12.7 Å². The first-order chi connectivity index (χ1) is 12.5. The van der Waals surface area contributed by atoms with Crippen LogP contribution in [0.3, 0.4) is 0 Å². The number of hydrogen-bond acceptors (Lipinski definition) is 4. The van der Waals surface area contributed by atoms with Crippen LogP contribution in [0.2, 0.25) is 0 Å². The van der Waals surface area contributed by atoms with Gasteiger partial charge in [-0.15, -0.1) is 0 Å². The van der Waals surface area contributed by atoms with Crippen LogP contribution in [0, 0.1) is 0 Å². The Morgan fingerprint density at radius 3 is 2.27 bits per heavy atom. The predicted octanol–water partition coefficient (Wildman–Crippen LogP) is 1.95. The highest BCUT2D eigenvalue weighted by Gasteiger charge is 2.36. The van der Waals surface area contributed by atoms with E-state index in [-0.39, 0.29) is 23.8 Å². The van der Waals surface area contributed by atoms with E-state index in [1.807, 2.05) is 18.2 Å². The third-order valence-corrected chi connectivity index (χ3v) is 6.54. The Morgan fingerprint density at radius 2 is 1.62 bits per heavy atom. The van der Waals surface area contributed by atoms with Crippen molar-refractivity contribution < 1.29 is 18.0 Å². The summed E-state index contributed by atoms with van der Waals surface area (Å²) >= 11 is 0. The summed E-state index contributed by atoms with van der Waals surface area (Å²) < 4.78 is 24.8. The summed E-state index contributed by atoms with van der Waals surface area (Å²) in [6, 6.07) is 14.3. The summed E-state index contributed by atoms with van der Waals surface area (Å²) in [5.74, 6) is -0.696. The predicted molar refractivity (Wildman–Crippen MR) is 97.2 cm³/mol. The van der Waals surface area contributed by atoms with Gasteiger partial charge in [0.15, 0.2) is 0 Å². The highest BCUT2D eigenvalue weighted by molar-refractivity contribution is 7.94. The lowest BCUT2D eigenvalue weighted by Crippen LogP contribution is -2.36. The molecule has 0 spiro atoms. The molecule has 0 radical (unpaired) electrons. The molecule has 2 aromatic rings. The average molecular weight is 370 g/mol. The largest absolute Gasteiger partial charge is 0.334 e. The molecule has 2 aliphatic heterocycles. The minimum Gasteiger partial charge on any atom is -0.334 e. The van der Waals surface area contributed by atoms with Gasteiger partial charge in [-0.1, -0.05) is 24.3 Å². The second-order valence-corrected chi connectivity index (χ2v) is 8.45. The third kappa shape index (κ3) is 2.88. The fourth-order valence-corrected chi connectivity index (χ4v) is 4.92. The molecule has 7 heteroatoms. The highest BCUT2D eigenvalue weighted by Crippen LogP contribution is 2.26. The number of nitrogens with zero attached hydrogens (tertiary/aromatic N) is 2. The van der Waals surface area contributed by atoms with Gasteiger partial charge in [0.05, 0.1) is 11.4 Å². The Kier molecular flexibility index (Phi) is 4.03. The second kappa shape index (κ2) is 6.25. The zero-order chi connectivity index (χ0) is 18.3. The first kappa shape index (κ1) is 16.8. The van der Waals surface area contributed by atoms with Gasteiger partial charge in [-0.2, -0.15) is 0 Å². The Hall–Kier alpha value is -2.67. The van der Waals surface area contributed by atoms with Crippen molar-refractivity contribution in [2.45, 2.75) is 19.4 Å². The standard InChI is InChI=1S/C19H18N2O4S/c22-18-10-12-26(24,25)21(18)17-7-5-15(6-8-17)19(23)20-11-9-14-3-1-2-4-16(14)13-20/h1-8H,9-13H2. The van der Waals surface area contributed by atoms with Crippen molar-refractivity contribution in [1.82, 2.24) is 4.90 Å². The molecule has 2 aliphatic rings. The minimum atomic E-state index is -3.59. The zero-order valence-electron chi connectivity index (χ0n) is 14.1. The molecule has 26 heavy (non-hydrogen) atoms. The summed E-state index contributed by atoms with van der Waals surface area (Å²) in [5.41, 5.74) is 3.19. The molecule has 0 atom stereocenters. The number of hydrogen-bond donors (Lipinski definition) is 0. The molecule has 0 aromatic heterocycles. The van der Waals surface area contributed by atoms with Gasteiger partial charge in [-0.05, 0) is 41.8 Å². The summed E-state index contributed by atoms with van der Waals surface area (Å²) in [6.45, 7) is 1.21. The van der Waals surface area contributed by atoms with Gasteiger partial charge >= 0.3 is 0 Å². The quantitative estimate of drug-likeness (QED) is 0.810. The van der Waals surface area contributed by atoms with Crippen LogP contribution in [0.4, 0.5) is 5.69 Å². The Morgan fingerprint density at radius 1 is 0.923 bits per heavy atom. The highest BCUT2D eigenvalue weighted by atomic mass is 32.2. The Bertz CT molecular complexity index is 983. The number of benzene rings is 2. The molecule has 0 saturated carbocycles. The van der Waals surface area contributed by atoms with E-state index in [0.29, 0.717) is 18.7 Å². The Labute approximate surface area is 152 Å². The molecule has 6 nitrogen and oxygen atoms in total. The van der Waals surface area contributed by atoms with Crippen molar-refractivity contribution in [2.24, 2.45) is 0 Å². The van der Waals surface area contributed by atoms with Crippen LogP contribution in [-0.2, 0) is 27.8 Å². The number of carbonyl (C=O) groups excluding carboxylic acids is 2. The topological polar surface area (TPSA) is 74.8 Å². The number of anilines is 1. The van der Waals surface area contributed by atoms with E-state index < -0.39 is 15.9 Å². The molecular formula is C19H18N2O4S. The van der Waals surface area contributed by atoms with E-state index in [2.05, 4.69) is 6.07 Å². The van der Waals surface area contributed by atoms with Crippen molar-refractivity contribution in [1.29, 1.82) is 0 Å². The van der Waals surface area contributed by atoms with E-state index in [9.17, 15) is 18.0 Å². The van der Waals surface area contributed by atoms with Gasteiger partial charge in [0.2, 0.25) is 15.9 Å². The lowest BCUT2D eigenvalue weighted by Gasteiger charge is -2.29. The summed E-state index contributed by atoms with van der Waals surface area (Å²) in [7, 11) is -3.59. The molecule has 0 unspecified atom stereocenters. The lowest BCUT2D eigenvalue weighted by molar-refractivity contribution is -0.116.